The lowest BCUT2D eigenvalue weighted by Crippen LogP contribution is -2.41. The van der Waals surface area contributed by atoms with Gasteiger partial charge in [-0.15, -0.1) is 22.7 Å². The Morgan fingerprint density at radius 1 is 0.938 bits per heavy atom. The molecule has 0 saturated carbocycles. The van der Waals surface area contributed by atoms with Gasteiger partial charge in [0.15, 0.2) is 0 Å². The molecule has 0 unspecified atom stereocenters. The van der Waals surface area contributed by atoms with E-state index in [1.165, 1.54) is 22.7 Å². The minimum Gasteiger partial charge on any atom is -0.486 e. The maximum Gasteiger partial charge on any atom is 0.289 e. The highest BCUT2D eigenvalue weighted by atomic mass is 32.1. The predicted octanol–water partition coefficient (Wildman–Crippen LogP) is 4.54. The molecule has 0 aliphatic carbocycles. The van der Waals surface area contributed by atoms with E-state index in [0.29, 0.717) is 15.6 Å². The summed E-state index contributed by atoms with van der Waals surface area (Å²) in [5.74, 6) is -0.186. The molecule has 7 nitrogen and oxygen atoms in total. The van der Waals surface area contributed by atoms with E-state index in [1.54, 1.807) is 12.3 Å². The number of benzene rings is 2. The third-order valence-corrected chi connectivity index (χ3v) is 6.51. The van der Waals surface area contributed by atoms with Crippen LogP contribution >= 0.6 is 22.7 Å². The maximum absolute atomic E-state index is 12.5. The fourth-order valence-electron chi connectivity index (χ4n) is 2.81. The number of rotatable bonds is 6. The molecular formula is C23H20N4O3S2. The Morgan fingerprint density at radius 3 is 2.41 bits per heavy atom. The Bertz CT molecular complexity index is 1230. The van der Waals surface area contributed by atoms with Gasteiger partial charge >= 0.3 is 0 Å². The molecule has 2 amide bonds. The number of aromatic nitrogens is 2. The standard InChI is InChI=1S/C23H20N4O3S2/c1-14-8-10-17(11-9-14)30-12-19-25-18(13-31-19)21(28)26-27-22(29)20-15(2)24-23(32-20)16-6-4-3-5-7-16/h3-11,13H,12H2,1-2H3,(H,26,28)(H,27,29). The van der Waals surface area contributed by atoms with Gasteiger partial charge in [0, 0.05) is 10.9 Å². The van der Waals surface area contributed by atoms with Crippen LogP contribution in [0.1, 0.15) is 36.4 Å². The summed E-state index contributed by atoms with van der Waals surface area (Å²) in [6.45, 7) is 4.03. The first-order valence-corrected chi connectivity index (χ1v) is 11.5. The topological polar surface area (TPSA) is 93.2 Å². The van der Waals surface area contributed by atoms with E-state index < -0.39 is 11.8 Å². The zero-order chi connectivity index (χ0) is 22.5. The van der Waals surface area contributed by atoms with Gasteiger partial charge in [-0.05, 0) is 26.0 Å². The van der Waals surface area contributed by atoms with Crippen LogP contribution in [-0.2, 0) is 6.61 Å². The van der Waals surface area contributed by atoms with Crippen molar-refractivity contribution in [1.29, 1.82) is 0 Å². The lowest BCUT2D eigenvalue weighted by Gasteiger charge is -2.05. The molecule has 0 bridgehead atoms. The van der Waals surface area contributed by atoms with E-state index in [1.807, 2.05) is 61.5 Å². The molecule has 2 aromatic heterocycles. The molecule has 4 aromatic rings. The van der Waals surface area contributed by atoms with E-state index in [9.17, 15) is 9.59 Å². The van der Waals surface area contributed by atoms with E-state index in [0.717, 1.165) is 21.9 Å². The smallest absolute Gasteiger partial charge is 0.289 e. The highest BCUT2D eigenvalue weighted by Crippen LogP contribution is 2.27. The number of ether oxygens (including phenoxy) is 1. The van der Waals surface area contributed by atoms with Crippen LogP contribution in [0, 0.1) is 13.8 Å². The summed E-state index contributed by atoms with van der Waals surface area (Å²) >= 11 is 2.59. The fourth-order valence-corrected chi connectivity index (χ4v) is 4.46. The zero-order valence-corrected chi connectivity index (χ0v) is 19.0. The molecule has 162 valence electrons. The summed E-state index contributed by atoms with van der Waals surface area (Å²) in [5.41, 5.74) is 7.75. The molecule has 0 aliphatic heterocycles. The van der Waals surface area contributed by atoms with E-state index in [4.69, 9.17) is 4.74 Å². The van der Waals surface area contributed by atoms with Crippen molar-refractivity contribution in [3.8, 4) is 16.3 Å². The third-order valence-electron chi connectivity index (χ3n) is 4.48. The summed E-state index contributed by atoms with van der Waals surface area (Å²) in [5, 5.41) is 3.03. The largest absolute Gasteiger partial charge is 0.486 e. The number of nitrogens with zero attached hydrogens (tertiary/aromatic N) is 2. The van der Waals surface area contributed by atoms with Crippen molar-refractivity contribution in [3.05, 3.63) is 86.8 Å². The van der Waals surface area contributed by atoms with E-state index in [2.05, 4.69) is 20.8 Å². The van der Waals surface area contributed by atoms with Crippen LogP contribution in [0.2, 0.25) is 0 Å². The number of hydrogen-bond acceptors (Lipinski definition) is 7. The first-order valence-electron chi connectivity index (χ1n) is 9.77. The summed E-state index contributed by atoms with van der Waals surface area (Å²) in [4.78, 5) is 34.1. The molecule has 9 heteroatoms. The van der Waals surface area contributed by atoms with Crippen molar-refractivity contribution in [2.45, 2.75) is 20.5 Å². The number of amides is 2. The summed E-state index contributed by atoms with van der Waals surface area (Å²) in [6.07, 6.45) is 0. The Morgan fingerprint density at radius 2 is 1.66 bits per heavy atom. The van der Waals surface area contributed by atoms with Gasteiger partial charge in [-0.3, -0.25) is 20.4 Å². The van der Waals surface area contributed by atoms with Crippen molar-refractivity contribution < 1.29 is 14.3 Å². The van der Waals surface area contributed by atoms with Crippen molar-refractivity contribution in [2.75, 3.05) is 0 Å². The van der Waals surface area contributed by atoms with Crippen LogP contribution in [0.25, 0.3) is 10.6 Å². The number of nitrogens with one attached hydrogen (secondary N) is 2. The minimum absolute atomic E-state index is 0.212. The number of thiazole rings is 2. The molecule has 0 aliphatic rings. The van der Waals surface area contributed by atoms with Crippen LogP contribution in [0.5, 0.6) is 5.75 Å². The Balaban J connectivity index is 1.32. The van der Waals surface area contributed by atoms with Crippen molar-refractivity contribution in [2.24, 2.45) is 0 Å². The number of hydrazine groups is 1. The second-order valence-electron chi connectivity index (χ2n) is 6.94. The second kappa shape index (κ2) is 9.71. The Hall–Kier alpha value is -3.56. The normalized spacial score (nSPS) is 10.6. The SMILES string of the molecule is Cc1ccc(OCc2nc(C(=O)NNC(=O)c3sc(-c4ccccc4)nc3C)cs2)cc1. The monoisotopic (exact) mass is 464 g/mol. The highest BCUT2D eigenvalue weighted by Gasteiger charge is 2.18. The highest BCUT2D eigenvalue weighted by molar-refractivity contribution is 7.17. The third kappa shape index (κ3) is 5.19. The van der Waals surface area contributed by atoms with Crippen LogP contribution in [0.3, 0.4) is 0 Å². The zero-order valence-electron chi connectivity index (χ0n) is 17.4. The molecular weight excluding hydrogens is 444 g/mol. The summed E-state index contributed by atoms with van der Waals surface area (Å²) in [7, 11) is 0. The summed E-state index contributed by atoms with van der Waals surface area (Å²) in [6, 6.07) is 17.3. The van der Waals surface area contributed by atoms with E-state index in [-0.39, 0.29) is 12.3 Å². The van der Waals surface area contributed by atoms with Crippen LogP contribution in [0.15, 0.2) is 60.0 Å². The maximum atomic E-state index is 12.5. The number of carbonyl (C=O) groups is 2. The van der Waals surface area contributed by atoms with Crippen molar-refractivity contribution in [1.82, 2.24) is 20.8 Å². The molecule has 0 saturated heterocycles. The van der Waals surface area contributed by atoms with Gasteiger partial charge in [0.2, 0.25) is 0 Å². The van der Waals surface area contributed by atoms with Gasteiger partial charge in [-0.2, -0.15) is 0 Å². The minimum atomic E-state index is -0.498. The van der Waals surface area contributed by atoms with Gasteiger partial charge in [-0.1, -0.05) is 48.0 Å². The average molecular weight is 465 g/mol. The van der Waals surface area contributed by atoms with Crippen LogP contribution < -0.4 is 15.6 Å². The Labute approximate surface area is 193 Å². The molecule has 2 N–H and O–H groups in total. The molecule has 0 radical (unpaired) electrons. The fraction of sp³-hybridized carbons (Fsp3) is 0.130. The predicted molar refractivity (Wildman–Crippen MR) is 125 cm³/mol. The van der Waals surface area contributed by atoms with Crippen LogP contribution in [0.4, 0.5) is 0 Å². The van der Waals surface area contributed by atoms with Crippen LogP contribution in [-0.4, -0.2) is 21.8 Å². The molecule has 32 heavy (non-hydrogen) atoms. The molecule has 0 atom stereocenters. The number of carbonyl (C=O) groups excluding carboxylic acids is 2. The van der Waals surface area contributed by atoms with E-state index >= 15 is 0 Å². The first kappa shape index (κ1) is 21.7. The number of aryl methyl sites for hydroxylation is 2. The van der Waals surface area contributed by atoms with Crippen molar-refractivity contribution in [3.63, 3.8) is 0 Å². The average Bonchev–Trinajstić information content (AvgIpc) is 3.44. The lowest BCUT2D eigenvalue weighted by molar-refractivity contribution is 0.0846. The van der Waals surface area contributed by atoms with Crippen molar-refractivity contribution >= 4 is 34.5 Å². The first-order chi connectivity index (χ1) is 15.5. The molecule has 2 aromatic carbocycles. The molecule has 4 rings (SSSR count). The molecule has 0 spiro atoms. The van der Waals surface area contributed by atoms with Gasteiger partial charge in [0.25, 0.3) is 11.8 Å². The lowest BCUT2D eigenvalue weighted by atomic mass is 10.2. The Kier molecular flexibility index (Phi) is 6.58. The summed E-state index contributed by atoms with van der Waals surface area (Å²) < 4.78 is 5.69. The number of hydrogen-bond donors (Lipinski definition) is 2. The molecule has 0 fully saturated rings. The quantitative estimate of drug-likeness (QED) is 0.409. The second-order valence-corrected chi connectivity index (χ2v) is 8.88. The van der Waals surface area contributed by atoms with Gasteiger partial charge < -0.3 is 4.74 Å². The van der Waals surface area contributed by atoms with Gasteiger partial charge in [-0.25, -0.2) is 9.97 Å². The van der Waals surface area contributed by atoms with Gasteiger partial charge in [0.05, 0.1) is 5.69 Å². The molecule has 2 heterocycles. The van der Waals surface area contributed by atoms with Gasteiger partial charge in [0.1, 0.15) is 32.9 Å².